The van der Waals surface area contributed by atoms with Crippen molar-refractivity contribution in [1.82, 2.24) is 19.7 Å². The fourth-order valence-electron chi connectivity index (χ4n) is 1.20. The number of hydrogen-bond donors (Lipinski definition) is 1. The first kappa shape index (κ1) is 11.5. The molecule has 2 aromatic rings. The third-order valence-electron chi connectivity index (χ3n) is 1.94. The van der Waals surface area contributed by atoms with Gasteiger partial charge in [-0.05, 0) is 15.9 Å². The summed E-state index contributed by atoms with van der Waals surface area (Å²) in [7, 11) is 1.63. The molecule has 0 aliphatic carbocycles. The number of hydrogen-bond acceptors (Lipinski definition) is 6. The van der Waals surface area contributed by atoms with Crippen LogP contribution in [-0.4, -0.2) is 31.7 Å². The quantitative estimate of drug-likeness (QED) is 0.679. The van der Waals surface area contributed by atoms with Gasteiger partial charge in [-0.3, -0.25) is 10.1 Å². The third-order valence-corrected chi connectivity index (χ3v) is 2.35. The van der Waals surface area contributed by atoms with Crippen molar-refractivity contribution in [3.63, 3.8) is 0 Å². The number of aromatic nitrogens is 4. The van der Waals surface area contributed by atoms with Gasteiger partial charge in [0.15, 0.2) is 0 Å². The minimum Gasteiger partial charge on any atom is -0.357 e. The number of nitrogens with one attached hydrogen (secondary N) is 1. The molecule has 1 N–H and O–H groups in total. The molecule has 0 aromatic carbocycles. The lowest BCUT2D eigenvalue weighted by atomic mass is 10.5. The van der Waals surface area contributed by atoms with Crippen molar-refractivity contribution in [1.29, 1.82) is 0 Å². The van der Waals surface area contributed by atoms with Crippen LogP contribution in [0.25, 0.3) is 5.82 Å². The molecule has 0 saturated heterocycles. The Morgan fingerprint density at radius 2 is 2.29 bits per heavy atom. The van der Waals surface area contributed by atoms with Crippen molar-refractivity contribution in [3.05, 3.63) is 33.2 Å². The van der Waals surface area contributed by atoms with Crippen LogP contribution in [0.15, 0.2) is 23.1 Å². The first-order chi connectivity index (χ1) is 8.11. The monoisotopic (exact) mass is 298 g/mol. The second-order valence-electron chi connectivity index (χ2n) is 3.01. The van der Waals surface area contributed by atoms with E-state index in [1.165, 1.54) is 10.9 Å². The maximum Gasteiger partial charge on any atom is 0.332 e. The van der Waals surface area contributed by atoms with Crippen molar-refractivity contribution in [2.24, 2.45) is 0 Å². The summed E-state index contributed by atoms with van der Waals surface area (Å²) in [5.41, 5.74) is -0.209. The zero-order valence-electron chi connectivity index (χ0n) is 8.66. The van der Waals surface area contributed by atoms with Gasteiger partial charge in [-0.2, -0.15) is 10.1 Å². The van der Waals surface area contributed by atoms with Crippen molar-refractivity contribution in [2.75, 3.05) is 12.4 Å². The highest BCUT2D eigenvalue weighted by atomic mass is 79.9. The van der Waals surface area contributed by atoms with E-state index in [0.717, 1.165) is 6.20 Å². The molecule has 2 rings (SSSR count). The van der Waals surface area contributed by atoms with Crippen LogP contribution in [0.4, 0.5) is 11.6 Å². The van der Waals surface area contributed by atoms with Crippen LogP contribution < -0.4 is 5.32 Å². The van der Waals surface area contributed by atoms with Crippen LogP contribution >= 0.6 is 15.9 Å². The van der Waals surface area contributed by atoms with Crippen molar-refractivity contribution < 1.29 is 4.92 Å². The SMILES string of the molecule is CNc1ncc([N+](=O)[O-])c(-n2cc(Br)cn2)n1. The predicted octanol–water partition coefficient (Wildman–Crippen LogP) is 1.37. The van der Waals surface area contributed by atoms with Gasteiger partial charge >= 0.3 is 5.69 Å². The Labute approximate surface area is 104 Å². The van der Waals surface area contributed by atoms with Gasteiger partial charge in [0.25, 0.3) is 0 Å². The summed E-state index contributed by atoms with van der Waals surface area (Å²) >= 11 is 3.21. The highest BCUT2D eigenvalue weighted by Crippen LogP contribution is 2.21. The molecule has 0 atom stereocenters. The number of nitro groups is 1. The van der Waals surface area contributed by atoms with Crippen molar-refractivity contribution in [3.8, 4) is 5.82 Å². The lowest BCUT2D eigenvalue weighted by Crippen LogP contribution is -2.07. The largest absolute Gasteiger partial charge is 0.357 e. The Morgan fingerprint density at radius 1 is 1.53 bits per heavy atom. The maximum atomic E-state index is 10.9. The average molecular weight is 299 g/mol. The summed E-state index contributed by atoms with van der Waals surface area (Å²) in [6.45, 7) is 0. The maximum absolute atomic E-state index is 10.9. The molecular weight excluding hydrogens is 292 g/mol. The molecule has 0 unspecified atom stereocenters. The predicted molar refractivity (Wildman–Crippen MR) is 63.1 cm³/mol. The van der Waals surface area contributed by atoms with E-state index in [4.69, 9.17) is 0 Å². The zero-order valence-corrected chi connectivity index (χ0v) is 10.2. The molecule has 17 heavy (non-hydrogen) atoms. The fourth-order valence-corrected chi connectivity index (χ4v) is 1.49. The van der Waals surface area contributed by atoms with E-state index >= 15 is 0 Å². The molecule has 88 valence electrons. The molecule has 0 fully saturated rings. The molecule has 0 bridgehead atoms. The lowest BCUT2D eigenvalue weighted by Gasteiger charge is -2.03. The smallest absolute Gasteiger partial charge is 0.332 e. The summed E-state index contributed by atoms with van der Waals surface area (Å²) in [4.78, 5) is 18.1. The number of halogens is 1. The molecule has 0 radical (unpaired) electrons. The Bertz CT molecular complexity index is 569. The van der Waals surface area contributed by atoms with E-state index in [2.05, 4.69) is 36.3 Å². The van der Waals surface area contributed by atoms with Crippen LogP contribution in [0.1, 0.15) is 0 Å². The highest BCUT2D eigenvalue weighted by Gasteiger charge is 2.19. The zero-order chi connectivity index (χ0) is 12.4. The summed E-state index contributed by atoms with van der Waals surface area (Å²) in [5.74, 6) is 0.400. The Hall–Kier alpha value is -2.03. The number of anilines is 1. The summed E-state index contributed by atoms with van der Waals surface area (Å²) in [5, 5.41) is 17.5. The molecule has 0 saturated carbocycles. The summed E-state index contributed by atoms with van der Waals surface area (Å²) in [6.07, 6.45) is 4.24. The van der Waals surface area contributed by atoms with E-state index in [1.54, 1.807) is 13.2 Å². The fraction of sp³-hybridized carbons (Fsp3) is 0.125. The molecule has 9 heteroatoms. The topological polar surface area (TPSA) is 98.8 Å². The molecule has 2 heterocycles. The lowest BCUT2D eigenvalue weighted by molar-refractivity contribution is -0.385. The van der Waals surface area contributed by atoms with Crippen molar-refractivity contribution >= 4 is 27.6 Å². The van der Waals surface area contributed by atoms with Gasteiger partial charge in [0.1, 0.15) is 6.20 Å². The van der Waals surface area contributed by atoms with E-state index in [-0.39, 0.29) is 17.5 Å². The van der Waals surface area contributed by atoms with Gasteiger partial charge in [0, 0.05) is 13.2 Å². The Kier molecular flexibility index (Phi) is 3.00. The van der Waals surface area contributed by atoms with Crippen molar-refractivity contribution in [2.45, 2.75) is 0 Å². The molecule has 8 nitrogen and oxygen atoms in total. The summed E-state index contributed by atoms with van der Waals surface area (Å²) < 4.78 is 2.02. The van der Waals surface area contributed by atoms with E-state index in [9.17, 15) is 10.1 Å². The van der Waals surface area contributed by atoms with Gasteiger partial charge in [0.05, 0.1) is 15.6 Å². The first-order valence-electron chi connectivity index (χ1n) is 4.51. The average Bonchev–Trinajstić information content (AvgIpc) is 2.75. The molecule has 0 spiro atoms. The van der Waals surface area contributed by atoms with E-state index < -0.39 is 4.92 Å². The van der Waals surface area contributed by atoms with E-state index in [0.29, 0.717) is 4.47 Å². The van der Waals surface area contributed by atoms with Crippen LogP contribution in [0.5, 0.6) is 0 Å². The number of rotatable bonds is 3. The van der Waals surface area contributed by atoms with Crippen LogP contribution in [0.2, 0.25) is 0 Å². The van der Waals surface area contributed by atoms with Gasteiger partial charge in [-0.15, -0.1) is 0 Å². The van der Waals surface area contributed by atoms with Crippen LogP contribution in [0, 0.1) is 10.1 Å². The summed E-state index contributed by atoms with van der Waals surface area (Å²) in [6, 6.07) is 0. The number of nitrogens with zero attached hydrogens (tertiary/aromatic N) is 5. The van der Waals surface area contributed by atoms with E-state index in [1.807, 2.05) is 0 Å². The van der Waals surface area contributed by atoms with Gasteiger partial charge in [0.2, 0.25) is 11.8 Å². The highest BCUT2D eigenvalue weighted by molar-refractivity contribution is 9.10. The van der Waals surface area contributed by atoms with Gasteiger partial charge < -0.3 is 5.32 Å². The normalized spacial score (nSPS) is 10.2. The second-order valence-corrected chi connectivity index (χ2v) is 3.93. The standard InChI is InChI=1S/C8H7BrN6O2/c1-10-8-11-3-6(15(16)17)7(13-8)14-4-5(9)2-12-14/h2-4H,1H3,(H,10,11,13). The van der Waals surface area contributed by atoms with Crippen LogP contribution in [-0.2, 0) is 0 Å². The molecule has 0 aliphatic rings. The molecular formula is C8H7BrN6O2. The molecule has 2 aromatic heterocycles. The Morgan fingerprint density at radius 3 is 2.82 bits per heavy atom. The van der Waals surface area contributed by atoms with Gasteiger partial charge in [-0.1, -0.05) is 0 Å². The second kappa shape index (κ2) is 4.45. The third kappa shape index (κ3) is 2.23. The minimum atomic E-state index is -0.551. The minimum absolute atomic E-state index is 0.111. The Balaban J connectivity index is 2.60. The molecule has 0 aliphatic heterocycles. The molecule has 0 amide bonds. The first-order valence-corrected chi connectivity index (χ1v) is 5.31. The van der Waals surface area contributed by atoms with Crippen LogP contribution in [0.3, 0.4) is 0 Å². The van der Waals surface area contributed by atoms with Gasteiger partial charge in [-0.25, -0.2) is 9.67 Å².